The minimum Gasteiger partial charge on any atom is -0.478 e. The molecule has 0 spiro atoms. The van der Waals surface area contributed by atoms with E-state index < -0.39 is 15.8 Å². The van der Waals surface area contributed by atoms with Gasteiger partial charge >= 0.3 is 5.97 Å². The summed E-state index contributed by atoms with van der Waals surface area (Å²) in [6, 6.07) is 11.3. The van der Waals surface area contributed by atoms with Crippen LogP contribution in [0, 0.1) is 11.3 Å². The van der Waals surface area contributed by atoms with Crippen LogP contribution in [0.25, 0.3) is 5.57 Å². The number of hydrogen-bond donors (Lipinski definition) is 1. The summed E-state index contributed by atoms with van der Waals surface area (Å²) in [6.45, 7) is 1.82. The van der Waals surface area contributed by atoms with Gasteiger partial charge in [0.1, 0.15) is 0 Å². The van der Waals surface area contributed by atoms with Crippen LogP contribution in [0.3, 0.4) is 0 Å². The Hall–Kier alpha value is -3.17. The quantitative estimate of drug-likeness (QED) is 0.796. The number of hydrogen-bond acceptors (Lipinski definition) is 4. The van der Waals surface area contributed by atoms with Crippen molar-refractivity contribution in [2.75, 3.05) is 0 Å². The minimum atomic E-state index is -3.81. The second-order valence-electron chi connectivity index (χ2n) is 6.55. The molecule has 1 N–H and O–H groups in total. The molecule has 0 saturated carbocycles. The monoisotopic (exact) mass is 393 g/mol. The molecule has 0 unspecified atom stereocenters. The van der Waals surface area contributed by atoms with Crippen molar-refractivity contribution in [3.63, 3.8) is 0 Å². The lowest BCUT2D eigenvalue weighted by atomic mass is 9.98. The highest BCUT2D eigenvalue weighted by Gasteiger charge is 2.23. The van der Waals surface area contributed by atoms with Gasteiger partial charge in [-0.1, -0.05) is 37.3 Å². The maximum atomic E-state index is 13.2. The number of nitrogens with zero attached hydrogens (tertiary/aromatic N) is 1. The predicted octanol–water partition coefficient (Wildman–Crippen LogP) is 4.14. The normalized spacial score (nSPS) is 13.2. The first kappa shape index (κ1) is 19.6. The summed E-state index contributed by atoms with van der Waals surface area (Å²) >= 11 is 0. The van der Waals surface area contributed by atoms with E-state index in [0.717, 1.165) is 11.1 Å². The van der Waals surface area contributed by atoms with Crippen molar-refractivity contribution >= 4 is 21.4 Å². The van der Waals surface area contributed by atoms with Crippen LogP contribution in [0.15, 0.2) is 59.5 Å². The second kappa shape index (κ2) is 7.83. The van der Waals surface area contributed by atoms with E-state index in [2.05, 4.69) is 0 Å². The van der Waals surface area contributed by atoms with Gasteiger partial charge in [-0.05, 0) is 59.4 Å². The van der Waals surface area contributed by atoms with E-state index in [1.54, 1.807) is 24.3 Å². The van der Waals surface area contributed by atoms with Gasteiger partial charge in [-0.25, -0.2) is 13.2 Å². The van der Waals surface area contributed by atoms with Gasteiger partial charge in [-0.2, -0.15) is 5.26 Å². The number of benzene rings is 2. The van der Waals surface area contributed by atoms with Gasteiger partial charge in [0.2, 0.25) is 0 Å². The number of carboxylic acid groups (broad SMARTS) is 1. The fourth-order valence-electron chi connectivity index (χ4n) is 3.29. The maximum Gasteiger partial charge on any atom is 0.335 e. The van der Waals surface area contributed by atoms with E-state index >= 15 is 0 Å². The topological polar surface area (TPSA) is 95.2 Å². The largest absolute Gasteiger partial charge is 0.478 e. The summed E-state index contributed by atoms with van der Waals surface area (Å²) in [6.07, 6.45) is 7.00. The summed E-state index contributed by atoms with van der Waals surface area (Å²) in [5, 5.41) is 18.5. The molecule has 28 heavy (non-hydrogen) atoms. The van der Waals surface area contributed by atoms with Crippen LogP contribution in [0.4, 0.5) is 0 Å². The van der Waals surface area contributed by atoms with E-state index in [0.29, 0.717) is 29.5 Å². The van der Waals surface area contributed by atoms with Crippen molar-refractivity contribution in [3.8, 4) is 6.07 Å². The highest BCUT2D eigenvalue weighted by atomic mass is 32.2. The molecular formula is C22H19NO4S. The molecule has 2 aromatic rings. The standard InChI is InChI=1S/C22H19NO4S/c1-2-16-8-9-18(22(24)25)12-21(16)28(26,27)14-19-11-15(13-23)7-10-20(19)17-5-3-4-6-17/h3-5,7-12H,2,6,14H2,1H3,(H,24,25). The van der Waals surface area contributed by atoms with Crippen LogP contribution < -0.4 is 0 Å². The molecule has 0 aliphatic heterocycles. The molecule has 3 rings (SSSR count). The van der Waals surface area contributed by atoms with Gasteiger partial charge in [0, 0.05) is 0 Å². The first-order valence-electron chi connectivity index (χ1n) is 8.83. The number of carbonyl (C=O) groups is 1. The molecule has 2 aromatic carbocycles. The summed E-state index contributed by atoms with van der Waals surface area (Å²) in [4.78, 5) is 11.3. The molecule has 0 aromatic heterocycles. The van der Waals surface area contributed by atoms with Crippen LogP contribution in [0.1, 0.15) is 46.0 Å². The fourth-order valence-corrected chi connectivity index (χ4v) is 5.02. The molecule has 1 aliphatic rings. The van der Waals surface area contributed by atoms with E-state index in [9.17, 15) is 23.6 Å². The molecule has 0 heterocycles. The third-order valence-corrected chi connectivity index (χ3v) is 6.47. The van der Waals surface area contributed by atoms with E-state index in [-0.39, 0.29) is 16.2 Å². The Balaban J connectivity index is 2.09. The Bertz CT molecular complexity index is 1150. The lowest BCUT2D eigenvalue weighted by molar-refractivity contribution is 0.0696. The SMILES string of the molecule is CCc1ccc(C(=O)O)cc1S(=O)(=O)Cc1cc(C#N)ccc1C1=CC=CC1. The first-order chi connectivity index (χ1) is 13.4. The summed E-state index contributed by atoms with van der Waals surface area (Å²) in [5.41, 5.74) is 3.21. The molecule has 0 amide bonds. The number of carboxylic acids is 1. The lowest BCUT2D eigenvalue weighted by Gasteiger charge is -2.14. The molecule has 142 valence electrons. The van der Waals surface area contributed by atoms with Crippen molar-refractivity contribution in [2.24, 2.45) is 0 Å². The lowest BCUT2D eigenvalue weighted by Crippen LogP contribution is -2.11. The number of rotatable bonds is 6. The Morgan fingerprint density at radius 2 is 1.96 bits per heavy atom. The average molecular weight is 393 g/mol. The summed E-state index contributed by atoms with van der Waals surface area (Å²) in [5.74, 6) is -1.47. The van der Waals surface area contributed by atoms with Crippen molar-refractivity contribution < 1.29 is 18.3 Å². The van der Waals surface area contributed by atoms with Crippen LogP contribution in [-0.2, 0) is 22.0 Å². The van der Waals surface area contributed by atoms with Gasteiger partial charge < -0.3 is 5.11 Å². The average Bonchev–Trinajstić information content (AvgIpc) is 3.21. The molecule has 0 bridgehead atoms. The Morgan fingerprint density at radius 1 is 1.18 bits per heavy atom. The van der Waals surface area contributed by atoms with Crippen LogP contribution in [0.5, 0.6) is 0 Å². The second-order valence-corrected chi connectivity index (χ2v) is 8.51. The van der Waals surface area contributed by atoms with E-state index in [1.165, 1.54) is 12.1 Å². The molecule has 0 atom stereocenters. The number of allylic oxidation sites excluding steroid dienone is 4. The van der Waals surface area contributed by atoms with E-state index in [1.807, 2.05) is 31.2 Å². The third kappa shape index (κ3) is 3.90. The smallest absolute Gasteiger partial charge is 0.335 e. The molecule has 5 nitrogen and oxygen atoms in total. The number of aromatic carboxylic acids is 1. The number of nitriles is 1. The van der Waals surface area contributed by atoms with Gasteiger partial charge in [0.25, 0.3) is 0 Å². The number of sulfone groups is 1. The molecule has 6 heteroatoms. The highest BCUT2D eigenvalue weighted by Crippen LogP contribution is 2.30. The Labute approximate surface area is 164 Å². The minimum absolute atomic E-state index is 0.0294. The van der Waals surface area contributed by atoms with Crippen LogP contribution in [-0.4, -0.2) is 19.5 Å². The number of aryl methyl sites for hydroxylation is 1. The van der Waals surface area contributed by atoms with Crippen LogP contribution in [0.2, 0.25) is 0 Å². The third-order valence-electron chi connectivity index (χ3n) is 4.73. The first-order valence-corrected chi connectivity index (χ1v) is 10.5. The van der Waals surface area contributed by atoms with Crippen molar-refractivity contribution in [1.82, 2.24) is 0 Å². The predicted molar refractivity (Wildman–Crippen MR) is 107 cm³/mol. The van der Waals surface area contributed by atoms with Crippen molar-refractivity contribution in [2.45, 2.75) is 30.4 Å². The zero-order chi connectivity index (χ0) is 20.3. The fraction of sp³-hybridized carbons (Fsp3) is 0.182. The van der Waals surface area contributed by atoms with Crippen molar-refractivity contribution in [3.05, 3.63) is 82.4 Å². The molecular weight excluding hydrogens is 374 g/mol. The molecule has 0 saturated heterocycles. The van der Waals surface area contributed by atoms with Crippen LogP contribution >= 0.6 is 0 Å². The molecule has 0 radical (unpaired) electrons. The summed E-state index contributed by atoms with van der Waals surface area (Å²) < 4.78 is 26.4. The van der Waals surface area contributed by atoms with Gasteiger partial charge in [-0.15, -0.1) is 0 Å². The zero-order valence-electron chi connectivity index (χ0n) is 15.3. The maximum absolute atomic E-state index is 13.2. The Kier molecular flexibility index (Phi) is 5.48. The summed E-state index contributed by atoms with van der Waals surface area (Å²) in [7, 11) is -3.81. The van der Waals surface area contributed by atoms with Crippen molar-refractivity contribution in [1.29, 1.82) is 5.26 Å². The zero-order valence-corrected chi connectivity index (χ0v) is 16.2. The van der Waals surface area contributed by atoms with Gasteiger partial charge in [-0.3, -0.25) is 0 Å². The molecule has 0 fully saturated rings. The van der Waals surface area contributed by atoms with Gasteiger partial charge in [0.05, 0.1) is 27.8 Å². The Morgan fingerprint density at radius 3 is 2.57 bits per heavy atom. The van der Waals surface area contributed by atoms with E-state index in [4.69, 9.17) is 0 Å². The van der Waals surface area contributed by atoms with Gasteiger partial charge in [0.15, 0.2) is 9.84 Å². The highest BCUT2D eigenvalue weighted by molar-refractivity contribution is 7.90. The molecule has 1 aliphatic carbocycles.